The number of para-hydroxylation sites is 1. The van der Waals surface area contributed by atoms with Crippen LogP contribution in [-0.4, -0.2) is 26.5 Å². The second kappa shape index (κ2) is 10.9. The zero-order valence-electron chi connectivity index (χ0n) is 15.3. The van der Waals surface area contributed by atoms with E-state index >= 15 is 0 Å². The Labute approximate surface area is 157 Å². The highest BCUT2D eigenvalue weighted by Crippen LogP contribution is 2.31. The van der Waals surface area contributed by atoms with Crippen molar-refractivity contribution < 1.29 is 18.7 Å². The Balaban J connectivity index is 0.00000151. The Morgan fingerprint density at radius 3 is 2.20 bits per heavy atom. The van der Waals surface area contributed by atoms with Crippen LogP contribution in [0.25, 0.3) is 0 Å². The van der Waals surface area contributed by atoms with Gasteiger partial charge in [-0.1, -0.05) is 32.0 Å². The molecule has 0 aliphatic carbocycles. The number of halogens is 2. The molecule has 2 aromatic rings. The van der Waals surface area contributed by atoms with E-state index in [0.29, 0.717) is 22.4 Å². The normalized spacial score (nSPS) is 10.1. The van der Waals surface area contributed by atoms with Crippen molar-refractivity contribution in [1.82, 2.24) is 5.12 Å². The summed E-state index contributed by atoms with van der Waals surface area (Å²) in [4.78, 5) is 0. The molecule has 25 heavy (non-hydrogen) atoms. The van der Waals surface area contributed by atoms with Crippen LogP contribution in [0, 0.1) is 0 Å². The number of benzene rings is 2. The number of methoxy groups -OCH3 is 3. The van der Waals surface area contributed by atoms with Gasteiger partial charge in [0.05, 0.1) is 38.9 Å². The standard InChI is InChI=1S/C17H19BrFNO3.C2H6/c1-21-14-8-7-12(16(9-14)22-2)10-20(19)11-13-5-4-6-15(18)17(13)23-3;1-2/h4-9H,10-11H2,1-3H3;1-2H3. The van der Waals surface area contributed by atoms with Crippen molar-refractivity contribution in [1.29, 1.82) is 0 Å². The highest BCUT2D eigenvalue weighted by atomic mass is 79.9. The maximum Gasteiger partial charge on any atom is 0.137 e. The summed E-state index contributed by atoms with van der Waals surface area (Å²) < 4.78 is 31.0. The van der Waals surface area contributed by atoms with Gasteiger partial charge in [0, 0.05) is 17.2 Å². The van der Waals surface area contributed by atoms with Crippen molar-refractivity contribution in [3.8, 4) is 17.2 Å². The van der Waals surface area contributed by atoms with E-state index in [1.54, 1.807) is 39.5 Å². The third-order valence-corrected chi connectivity index (χ3v) is 4.06. The summed E-state index contributed by atoms with van der Waals surface area (Å²) in [6.45, 7) is 4.21. The summed E-state index contributed by atoms with van der Waals surface area (Å²) in [5.41, 5.74) is 1.50. The van der Waals surface area contributed by atoms with Crippen LogP contribution < -0.4 is 14.2 Å². The van der Waals surface area contributed by atoms with Crippen LogP contribution in [0.3, 0.4) is 0 Å². The predicted octanol–water partition coefficient (Wildman–Crippen LogP) is 5.39. The Kier molecular flexibility index (Phi) is 9.31. The first-order valence-corrected chi connectivity index (χ1v) is 8.81. The lowest BCUT2D eigenvalue weighted by Gasteiger charge is -2.17. The van der Waals surface area contributed by atoms with E-state index < -0.39 is 0 Å². The molecule has 138 valence electrons. The molecule has 0 unspecified atom stereocenters. The monoisotopic (exact) mass is 413 g/mol. The third-order valence-electron chi connectivity index (χ3n) is 3.43. The molecule has 2 rings (SSSR count). The number of rotatable bonds is 7. The molecule has 0 fully saturated rings. The Morgan fingerprint density at radius 2 is 1.60 bits per heavy atom. The van der Waals surface area contributed by atoms with E-state index in [9.17, 15) is 4.48 Å². The quantitative estimate of drug-likeness (QED) is 0.569. The lowest BCUT2D eigenvalue weighted by Crippen LogP contribution is -2.14. The van der Waals surface area contributed by atoms with Crippen molar-refractivity contribution >= 4 is 15.9 Å². The first kappa shape index (κ1) is 21.3. The van der Waals surface area contributed by atoms with Crippen LogP contribution in [0.15, 0.2) is 40.9 Å². The molecule has 2 aromatic carbocycles. The molecule has 0 saturated carbocycles. The molecule has 6 heteroatoms. The molecule has 0 saturated heterocycles. The maximum atomic E-state index is 14.4. The van der Waals surface area contributed by atoms with Crippen LogP contribution in [0.1, 0.15) is 25.0 Å². The fraction of sp³-hybridized carbons (Fsp3) is 0.368. The fourth-order valence-electron chi connectivity index (χ4n) is 2.31. The van der Waals surface area contributed by atoms with Gasteiger partial charge >= 0.3 is 0 Å². The van der Waals surface area contributed by atoms with Crippen molar-refractivity contribution in [2.75, 3.05) is 21.3 Å². The highest BCUT2D eigenvalue weighted by Gasteiger charge is 2.14. The van der Waals surface area contributed by atoms with Crippen molar-refractivity contribution in [2.24, 2.45) is 0 Å². The average molecular weight is 414 g/mol. The zero-order chi connectivity index (χ0) is 18.8. The third kappa shape index (κ3) is 5.90. The smallest absolute Gasteiger partial charge is 0.137 e. The van der Waals surface area contributed by atoms with E-state index in [1.165, 1.54) is 0 Å². The van der Waals surface area contributed by atoms with E-state index in [2.05, 4.69) is 15.9 Å². The van der Waals surface area contributed by atoms with Gasteiger partial charge in [0.25, 0.3) is 0 Å². The van der Waals surface area contributed by atoms with Crippen molar-refractivity contribution in [3.63, 3.8) is 0 Å². The van der Waals surface area contributed by atoms with E-state index in [-0.39, 0.29) is 13.1 Å². The molecule has 4 nitrogen and oxygen atoms in total. The highest BCUT2D eigenvalue weighted by molar-refractivity contribution is 9.10. The summed E-state index contributed by atoms with van der Waals surface area (Å²) >= 11 is 3.40. The lowest BCUT2D eigenvalue weighted by atomic mass is 10.1. The van der Waals surface area contributed by atoms with Gasteiger partial charge in [0.15, 0.2) is 0 Å². The minimum absolute atomic E-state index is 0.100. The molecule has 0 heterocycles. The Hall–Kier alpha value is -1.79. The predicted molar refractivity (Wildman–Crippen MR) is 102 cm³/mol. The average Bonchev–Trinajstić information content (AvgIpc) is 2.64. The first-order valence-electron chi connectivity index (χ1n) is 8.02. The van der Waals surface area contributed by atoms with Crippen LogP contribution in [0.2, 0.25) is 0 Å². The van der Waals surface area contributed by atoms with Crippen LogP contribution >= 0.6 is 15.9 Å². The number of ether oxygens (including phenoxy) is 3. The summed E-state index contributed by atoms with van der Waals surface area (Å²) in [6.07, 6.45) is 0. The van der Waals surface area contributed by atoms with Gasteiger partial charge in [-0.2, -0.15) is 0 Å². The molecule has 0 aliphatic heterocycles. The second-order valence-electron chi connectivity index (χ2n) is 4.89. The number of hydrogen-bond donors (Lipinski definition) is 0. The topological polar surface area (TPSA) is 30.9 Å². The van der Waals surface area contributed by atoms with Gasteiger partial charge < -0.3 is 14.2 Å². The number of hydrogen-bond acceptors (Lipinski definition) is 4. The largest absolute Gasteiger partial charge is 0.497 e. The maximum absolute atomic E-state index is 14.4. The lowest BCUT2D eigenvalue weighted by molar-refractivity contribution is 0.00479. The molecule has 0 aliphatic rings. The first-order chi connectivity index (χ1) is 12.1. The Morgan fingerprint density at radius 1 is 0.920 bits per heavy atom. The van der Waals surface area contributed by atoms with Gasteiger partial charge in [-0.15, -0.1) is 9.60 Å². The Bertz CT molecular complexity index is 667. The van der Waals surface area contributed by atoms with Crippen LogP contribution in [-0.2, 0) is 13.1 Å². The van der Waals surface area contributed by atoms with Crippen molar-refractivity contribution in [2.45, 2.75) is 26.9 Å². The second-order valence-corrected chi connectivity index (χ2v) is 5.74. The molecule has 0 radical (unpaired) electrons. The van der Waals surface area contributed by atoms with E-state index in [0.717, 1.165) is 15.6 Å². The summed E-state index contributed by atoms with van der Waals surface area (Å²) in [7, 11) is 4.70. The van der Waals surface area contributed by atoms with Gasteiger partial charge in [-0.25, -0.2) is 0 Å². The van der Waals surface area contributed by atoms with Gasteiger partial charge in [-0.3, -0.25) is 0 Å². The summed E-state index contributed by atoms with van der Waals surface area (Å²) in [6, 6.07) is 10.9. The molecule has 0 amide bonds. The van der Waals surface area contributed by atoms with Gasteiger partial charge in [-0.05, 0) is 28.1 Å². The molecule has 0 N–H and O–H groups in total. The minimum Gasteiger partial charge on any atom is -0.497 e. The molecule has 0 aromatic heterocycles. The molecule has 0 spiro atoms. The molecular formula is C19H25BrFNO3. The summed E-state index contributed by atoms with van der Waals surface area (Å²) in [5, 5.41) is 0.717. The van der Waals surface area contributed by atoms with Gasteiger partial charge in [0.2, 0.25) is 0 Å². The molecule has 0 atom stereocenters. The van der Waals surface area contributed by atoms with E-state index in [1.807, 2.05) is 32.0 Å². The zero-order valence-corrected chi connectivity index (χ0v) is 16.9. The van der Waals surface area contributed by atoms with Crippen LogP contribution in [0.5, 0.6) is 17.2 Å². The SMILES string of the molecule is CC.COc1ccc(CN(F)Cc2cccc(Br)c2OC)c(OC)c1. The molecular weight excluding hydrogens is 389 g/mol. The minimum atomic E-state index is 0.100. The summed E-state index contributed by atoms with van der Waals surface area (Å²) in [5.74, 6) is 1.90. The van der Waals surface area contributed by atoms with Crippen molar-refractivity contribution in [3.05, 3.63) is 52.0 Å². The van der Waals surface area contributed by atoms with E-state index in [4.69, 9.17) is 14.2 Å². The van der Waals surface area contributed by atoms with Crippen LogP contribution in [0.4, 0.5) is 4.48 Å². The van der Waals surface area contributed by atoms with Gasteiger partial charge in [0.1, 0.15) is 17.2 Å². The number of nitrogens with zero attached hydrogens (tertiary/aromatic N) is 1. The fourth-order valence-corrected chi connectivity index (χ4v) is 2.88. The molecule has 0 bridgehead atoms.